The van der Waals surface area contributed by atoms with Gasteiger partial charge in [-0.3, -0.25) is 14.4 Å². The predicted octanol–water partition coefficient (Wildman–Crippen LogP) is 2.57. The Balaban J connectivity index is 1.44. The molecule has 0 bridgehead atoms. The molecule has 3 amide bonds. The van der Waals surface area contributed by atoms with Gasteiger partial charge in [0.05, 0.1) is 13.1 Å². The van der Waals surface area contributed by atoms with Crippen LogP contribution in [0.25, 0.3) is 10.9 Å². The molecule has 2 aromatic carbocycles. The van der Waals surface area contributed by atoms with Crippen LogP contribution in [0.4, 0.5) is 0 Å². The van der Waals surface area contributed by atoms with Crippen LogP contribution >= 0.6 is 11.6 Å². The van der Waals surface area contributed by atoms with E-state index < -0.39 is 5.54 Å². The molecular formula is C23H23ClN4O3. The SMILES string of the molecule is CN1C(=O)c2cc3ccccc3n2C[C@@]1(C)C(=O)NCC(=O)NCc1ccccc1Cl. The van der Waals surface area contributed by atoms with Gasteiger partial charge in [0.2, 0.25) is 11.8 Å². The number of nitrogens with zero attached hydrogens (tertiary/aromatic N) is 2. The molecule has 4 rings (SSSR count). The summed E-state index contributed by atoms with van der Waals surface area (Å²) in [5, 5.41) is 6.93. The van der Waals surface area contributed by atoms with E-state index in [4.69, 9.17) is 11.6 Å². The van der Waals surface area contributed by atoms with Crippen LogP contribution in [-0.2, 0) is 22.7 Å². The highest BCUT2D eigenvalue weighted by molar-refractivity contribution is 6.31. The average Bonchev–Trinajstić information content (AvgIpc) is 3.13. The minimum Gasteiger partial charge on any atom is -0.350 e. The Morgan fingerprint density at radius 1 is 1.10 bits per heavy atom. The number of fused-ring (bicyclic) bond motifs is 3. The maximum Gasteiger partial charge on any atom is 0.271 e. The third-order valence-corrected chi connectivity index (χ3v) is 6.24. The molecule has 0 aliphatic carbocycles. The standard InChI is InChI=1S/C23H23ClN4O3/c1-23(22(31)26-13-20(29)25-12-16-8-3-5-9-17(16)24)14-28-18-10-6-4-7-15(18)11-19(28)21(30)27(23)2/h3-11H,12-14H2,1-2H3,(H,25,29)(H,26,31)/t23-/m0/s1. The van der Waals surface area contributed by atoms with E-state index in [-0.39, 0.29) is 30.8 Å². The molecule has 160 valence electrons. The Morgan fingerprint density at radius 3 is 2.58 bits per heavy atom. The number of carbonyl (C=O) groups excluding carboxylic acids is 3. The number of likely N-dealkylation sites (N-methyl/N-ethyl adjacent to an activating group) is 1. The molecule has 0 spiro atoms. The highest BCUT2D eigenvalue weighted by Crippen LogP contribution is 2.31. The van der Waals surface area contributed by atoms with Gasteiger partial charge in [-0.05, 0) is 30.7 Å². The molecular weight excluding hydrogens is 416 g/mol. The Kier molecular flexibility index (Phi) is 5.45. The van der Waals surface area contributed by atoms with Crippen molar-refractivity contribution in [3.63, 3.8) is 0 Å². The second kappa shape index (κ2) is 8.07. The molecule has 31 heavy (non-hydrogen) atoms. The average molecular weight is 439 g/mol. The van der Waals surface area contributed by atoms with Gasteiger partial charge in [-0.25, -0.2) is 0 Å². The van der Waals surface area contributed by atoms with Crippen LogP contribution in [0.3, 0.4) is 0 Å². The fourth-order valence-electron chi connectivity index (χ4n) is 3.84. The first kappa shape index (κ1) is 20.9. The lowest BCUT2D eigenvalue weighted by Crippen LogP contribution is -2.63. The van der Waals surface area contributed by atoms with Crippen molar-refractivity contribution in [3.05, 3.63) is 70.9 Å². The van der Waals surface area contributed by atoms with E-state index in [0.29, 0.717) is 17.3 Å². The molecule has 0 unspecified atom stereocenters. The van der Waals surface area contributed by atoms with Crippen molar-refractivity contribution < 1.29 is 14.4 Å². The molecule has 2 N–H and O–H groups in total. The topological polar surface area (TPSA) is 83.4 Å². The number of amides is 3. The molecule has 1 atom stereocenters. The summed E-state index contributed by atoms with van der Waals surface area (Å²) in [7, 11) is 1.61. The number of carbonyl (C=O) groups is 3. The quantitative estimate of drug-likeness (QED) is 0.642. The Labute approximate surface area is 185 Å². The maximum atomic E-state index is 13.1. The van der Waals surface area contributed by atoms with Crippen LogP contribution in [0, 0.1) is 0 Å². The summed E-state index contributed by atoms with van der Waals surface area (Å²) in [6.07, 6.45) is 0. The van der Waals surface area contributed by atoms with Crippen LogP contribution in [0.1, 0.15) is 23.0 Å². The van der Waals surface area contributed by atoms with Crippen molar-refractivity contribution in [2.24, 2.45) is 0 Å². The molecule has 3 aromatic rings. The number of rotatable bonds is 5. The number of aromatic nitrogens is 1. The highest BCUT2D eigenvalue weighted by Gasteiger charge is 2.45. The van der Waals surface area contributed by atoms with Gasteiger partial charge in [0, 0.05) is 29.5 Å². The largest absolute Gasteiger partial charge is 0.350 e. The zero-order valence-electron chi connectivity index (χ0n) is 17.3. The molecule has 1 aliphatic heterocycles. The second-order valence-corrected chi connectivity index (χ2v) is 8.27. The molecule has 0 radical (unpaired) electrons. The van der Waals surface area contributed by atoms with Gasteiger partial charge < -0.3 is 20.1 Å². The van der Waals surface area contributed by atoms with Gasteiger partial charge in [-0.2, -0.15) is 0 Å². The lowest BCUT2D eigenvalue weighted by Gasteiger charge is -2.41. The molecule has 0 saturated carbocycles. The second-order valence-electron chi connectivity index (χ2n) is 7.86. The molecule has 0 saturated heterocycles. The maximum absolute atomic E-state index is 13.1. The Morgan fingerprint density at radius 2 is 1.81 bits per heavy atom. The Bertz CT molecular complexity index is 1190. The summed E-state index contributed by atoms with van der Waals surface area (Å²) in [4.78, 5) is 39.7. The molecule has 8 heteroatoms. The van der Waals surface area contributed by atoms with E-state index in [2.05, 4.69) is 10.6 Å². The minimum atomic E-state index is -1.13. The lowest BCUT2D eigenvalue weighted by molar-refractivity contribution is -0.134. The summed E-state index contributed by atoms with van der Waals surface area (Å²) in [5.74, 6) is -0.961. The lowest BCUT2D eigenvalue weighted by atomic mass is 9.95. The van der Waals surface area contributed by atoms with Crippen molar-refractivity contribution >= 4 is 40.2 Å². The van der Waals surface area contributed by atoms with E-state index in [1.54, 1.807) is 20.0 Å². The molecule has 7 nitrogen and oxygen atoms in total. The van der Waals surface area contributed by atoms with Gasteiger partial charge in [0.15, 0.2) is 0 Å². The molecule has 1 aromatic heterocycles. The zero-order valence-corrected chi connectivity index (χ0v) is 18.1. The van der Waals surface area contributed by atoms with Crippen LogP contribution < -0.4 is 10.6 Å². The minimum absolute atomic E-state index is 0.194. The fraction of sp³-hybridized carbons (Fsp3) is 0.261. The van der Waals surface area contributed by atoms with Crippen molar-refractivity contribution in [3.8, 4) is 0 Å². The predicted molar refractivity (Wildman–Crippen MR) is 119 cm³/mol. The normalized spacial score (nSPS) is 18.0. The van der Waals surface area contributed by atoms with Crippen LogP contribution in [0.5, 0.6) is 0 Å². The van der Waals surface area contributed by atoms with Crippen molar-refractivity contribution in [2.45, 2.75) is 25.6 Å². The fourth-order valence-corrected chi connectivity index (χ4v) is 4.04. The van der Waals surface area contributed by atoms with Gasteiger partial charge in [-0.15, -0.1) is 0 Å². The smallest absolute Gasteiger partial charge is 0.271 e. The van der Waals surface area contributed by atoms with Gasteiger partial charge in [0.25, 0.3) is 5.91 Å². The van der Waals surface area contributed by atoms with Crippen molar-refractivity contribution in [1.82, 2.24) is 20.1 Å². The van der Waals surface area contributed by atoms with E-state index in [9.17, 15) is 14.4 Å². The summed E-state index contributed by atoms with van der Waals surface area (Å²) in [6.45, 7) is 2.08. The summed E-state index contributed by atoms with van der Waals surface area (Å²) in [6, 6.07) is 16.8. The van der Waals surface area contributed by atoms with Crippen molar-refractivity contribution in [1.29, 1.82) is 0 Å². The highest BCUT2D eigenvalue weighted by atomic mass is 35.5. The summed E-state index contributed by atoms with van der Waals surface area (Å²) >= 11 is 6.10. The molecule has 2 heterocycles. The first-order valence-corrected chi connectivity index (χ1v) is 10.3. The zero-order chi connectivity index (χ0) is 22.2. The van der Waals surface area contributed by atoms with E-state index in [0.717, 1.165) is 16.5 Å². The number of hydrogen-bond acceptors (Lipinski definition) is 3. The molecule has 0 fully saturated rings. The van der Waals surface area contributed by atoms with Gasteiger partial charge >= 0.3 is 0 Å². The number of benzene rings is 2. The van der Waals surface area contributed by atoms with E-state index >= 15 is 0 Å². The van der Waals surface area contributed by atoms with Crippen LogP contribution in [0.15, 0.2) is 54.6 Å². The number of halogens is 1. The third kappa shape index (κ3) is 3.77. The monoisotopic (exact) mass is 438 g/mol. The van der Waals surface area contributed by atoms with E-state index in [1.807, 2.05) is 53.1 Å². The third-order valence-electron chi connectivity index (χ3n) is 5.87. The van der Waals surface area contributed by atoms with Crippen molar-refractivity contribution in [2.75, 3.05) is 13.6 Å². The first-order chi connectivity index (χ1) is 14.8. The van der Waals surface area contributed by atoms with E-state index in [1.165, 1.54) is 4.90 Å². The first-order valence-electron chi connectivity index (χ1n) is 9.96. The summed E-state index contributed by atoms with van der Waals surface area (Å²) < 4.78 is 1.87. The van der Waals surface area contributed by atoms with Gasteiger partial charge in [0.1, 0.15) is 11.2 Å². The molecule has 1 aliphatic rings. The number of hydrogen-bond donors (Lipinski definition) is 2. The van der Waals surface area contributed by atoms with Crippen LogP contribution in [-0.4, -0.2) is 46.3 Å². The van der Waals surface area contributed by atoms with Crippen LogP contribution in [0.2, 0.25) is 5.02 Å². The number of nitrogens with one attached hydrogen (secondary N) is 2. The Hall–Kier alpha value is -3.32. The van der Waals surface area contributed by atoms with Gasteiger partial charge in [-0.1, -0.05) is 48.0 Å². The summed E-state index contributed by atoms with van der Waals surface area (Å²) in [5.41, 5.74) is 1.11. The number of para-hydroxylation sites is 1.